The normalized spacial score (nSPS) is 13.4. The molecule has 0 radical (unpaired) electrons. The molecular formula is C14H22FN3S. The van der Waals surface area contributed by atoms with E-state index in [1.165, 1.54) is 6.07 Å². The molecule has 19 heavy (non-hydrogen) atoms. The SMILES string of the molecule is CCC(C)NC(N)=NCc1ccc(F)cc1CSC. The van der Waals surface area contributed by atoms with Crippen molar-refractivity contribution in [2.75, 3.05) is 6.26 Å². The Morgan fingerprint density at radius 2 is 2.21 bits per heavy atom. The van der Waals surface area contributed by atoms with Crippen LogP contribution >= 0.6 is 11.8 Å². The number of rotatable bonds is 6. The van der Waals surface area contributed by atoms with Gasteiger partial charge < -0.3 is 11.1 Å². The Balaban J connectivity index is 2.73. The molecule has 0 aliphatic carbocycles. The third kappa shape index (κ3) is 5.51. The average molecular weight is 283 g/mol. The Morgan fingerprint density at radius 3 is 2.84 bits per heavy atom. The van der Waals surface area contributed by atoms with Gasteiger partial charge in [-0.15, -0.1) is 0 Å². The predicted octanol–water partition coefficient (Wildman–Crippen LogP) is 2.89. The summed E-state index contributed by atoms with van der Waals surface area (Å²) in [7, 11) is 0. The molecule has 3 N–H and O–H groups in total. The second-order valence-electron chi connectivity index (χ2n) is 4.50. The Hall–Kier alpha value is -1.23. The summed E-state index contributed by atoms with van der Waals surface area (Å²) in [6.07, 6.45) is 2.99. The van der Waals surface area contributed by atoms with E-state index in [4.69, 9.17) is 5.73 Å². The number of guanidine groups is 1. The van der Waals surface area contributed by atoms with E-state index < -0.39 is 0 Å². The molecule has 106 valence electrons. The molecule has 0 saturated carbocycles. The molecule has 1 rings (SSSR count). The maximum absolute atomic E-state index is 13.2. The van der Waals surface area contributed by atoms with E-state index in [9.17, 15) is 4.39 Å². The van der Waals surface area contributed by atoms with Gasteiger partial charge in [0.25, 0.3) is 0 Å². The number of benzene rings is 1. The molecule has 1 aromatic carbocycles. The van der Waals surface area contributed by atoms with Crippen LogP contribution in [0.2, 0.25) is 0 Å². The lowest BCUT2D eigenvalue weighted by Crippen LogP contribution is -2.38. The summed E-state index contributed by atoms with van der Waals surface area (Å²) in [5.41, 5.74) is 7.81. The van der Waals surface area contributed by atoms with Crippen molar-refractivity contribution in [3.05, 3.63) is 35.1 Å². The molecule has 3 nitrogen and oxygen atoms in total. The summed E-state index contributed by atoms with van der Waals surface area (Å²) in [5.74, 6) is 1.01. The van der Waals surface area contributed by atoms with Crippen LogP contribution in [0.1, 0.15) is 31.4 Å². The van der Waals surface area contributed by atoms with Crippen molar-refractivity contribution in [3.8, 4) is 0 Å². The first kappa shape index (κ1) is 15.8. The standard InChI is InChI=1S/C14H22FN3S/c1-4-10(2)18-14(16)17-8-11-5-6-13(15)7-12(11)9-19-3/h5-7,10H,4,8-9H2,1-3H3,(H3,16,17,18). The minimum Gasteiger partial charge on any atom is -0.370 e. The molecule has 0 aliphatic rings. The zero-order valence-electron chi connectivity index (χ0n) is 11.7. The zero-order chi connectivity index (χ0) is 14.3. The minimum absolute atomic E-state index is 0.206. The van der Waals surface area contributed by atoms with Crippen LogP contribution in [0.4, 0.5) is 4.39 Å². The number of thioether (sulfide) groups is 1. The fraction of sp³-hybridized carbons (Fsp3) is 0.500. The molecule has 0 aromatic heterocycles. The number of nitrogens with two attached hydrogens (primary N) is 1. The second kappa shape index (κ2) is 8.04. The van der Waals surface area contributed by atoms with Gasteiger partial charge in [-0.25, -0.2) is 9.38 Å². The number of hydrogen-bond donors (Lipinski definition) is 2. The first-order chi connectivity index (χ1) is 9.06. The van der Waals surface area contributed by atoms with Crippen molar-refractivity contribution >= 4 is 17.7 Å². The van der Waals surface area contributed by atoms with Gasteiger partial charge in [0, 0.05) is 11.8 Å². The highest BCUT2D eigenvalue weighted by atomic mass is 32.2. The average Bonchev–Trinajstić information content (AvgIpc) is 2.38. The van der Waals surface area contributed by atoms with Gasteiger partial charge in [-0.05, 0) is 42.9 Å². The Morgan fingerprint density at radius 1 is 1.47 bits per heavy atom. The van der Waals surface area contributed by atoms with Gasteiger partial charge in [-0.2, -0.15) is 11.8 Å². The van der Waals surface area contributed by atoms with Crippen molar-refractivity contribution in [2.45, 2.75) is 38.6 Å². The fourth-order valence-corrected chi connectivity index (χ4v) is 2.19. The monoisotopic (exact) mass is 283 g/mol. The van der Waals surface area contributed by atoms with Gasteiger partial charge in [0.1, 0.15) is 5.82 Å². The van der Waals surface area contributed by atoms with Crippen LogP contribution < -0.4 is 11.1 Å². The van der Waals surface area contributed by atoms with Crippen molar-refractivity contribution in [2.24, 2.45) is 10.7 Å². The van der Waals surface area contributed by atoms with Gasteiger partial charge in [0.2, 0.25) is 0 Å². The first-order valence-corrected chi connectivity index (χ1v) is 7.78. The van der Waals surface area contributed by atoms with E-state index in [0.29, 0.717) is 18.5 Å². The van der Waals surface area contributed by atoms with Crippen molar-refractivity contribution < 1.29 is 4.39 Å². The summed E-state index contributed by atoms with van der Waals surface area (Å²) in [5, 5.41) is 3.11. The maximum Gasteiger partial charge on any atom is 0.189 e. The zero-order valence-corrected chi connectivity index (χ0v) is 12.6. The molecule has 0 aliphatic heterocycles. The van der Waals surface area contributed by atoms with E-state index in [-0.39, 0.29) is 5.82 Å². The van der Waals surface area contributed by atoms with Crippen LogP contribution in [0.3, 0.4) is 0 Å². The number of nitrogens with zero attached hydrogens (tertiary/aromatic N) is 1. The Labute approximate surface area is 118 Å². The maximum atomic E-state index is 13.2. The summed E-state index contributed by atoms with van der Waals surface area (Å²) in [6, 6.07) is 5.12. The summed E-state index contributed by atoms with van der Waals surface area (Å²) in [4.78, 5) is 4.31. The smallest absolute Gasteiger partial charge is 0.189 e. The lowest BCUT2D eigenvalue weighted by atomic mass is 10.1. The number of aliphatic imine (C=N–C) groups is 1. The van der Waals surface area contributed by atoms with E-state index in [1.54, 1.807) is 23.9 Å². The lowest BCUT2D eigenvalue weighted by molar-refractivity contribution is 0.625. The van der Waals surface area contributed by atoms with E-state index >= 15 is 0 Å². The third-order valence-electron chi connectivity index (χ3n) is 2.89. The topological polar surface area (TPSA) is 50.4 Å². The number of hydrogen-bond acceptors (Lipinski definition) is 2. The molecule has 5 heteroatoms. The molecule has 1 unspecified atom stereocenters. The molecule has 0 saturated heterocycles. The highest BCUT2D eigenvalue weighted by molar-refractivity contribution is 7.97. The van der Waals surface area contributed by atoms with Crippen molar-refractivity contribution in [1.82, 2.24) is 5.32 Å². The molecule has 0 amide bonds. The second-order valence-corrected chi connectivity index (χ2v) is 5.37. The molecule has 1 atom stereocenters. The molecule has 0 bridgehead atoms. The van der Waals surface area contributed by atoms with Crippen LogP contribution in [-0.4, -0.2) is 18.3 Å². The van der Waals surface area contributed by atoms with Crippen LogP contribution in [0.25, 0.3) is 0 Å². The number of halogens is 1. The molecule has 1 aromatic rings. The fourth-order valence-electron chi connectivity index (χ4n) is 1.61. The number of nitrogens with one attached hydrogen (secondary N) is 1. The van der Waals surface area contributed by atoms with Crippen LogP contribution in [0, 0.1) is 5.82 Å². The van der Waals surface area contributed by atoms with Crippen molar-refractivity contribution in [1.29, 1.82) is 0 Å². The third-order valence-corrected chi connectivity index (χ3v) is 3.49. The summed E-state index contributed by atoms with van der Waals surface area (Å²) in [6.45, 7) is 4.62. The highest BCUT2D eigenvalue weighted by Crippen LogP contribution is 2.17. The van der Waals surface area contributed by atoms with Gasteiger partial charge in [0.15, 0.2) is 5.96 Å². The van der Waals surface area contributed by atoms with Crippen LogP contribution in [-0.2, 0) is 12.3 Å². The first-order valence-electron chi connectivity index (χ1n) is 6.39. The summed E-state index contributed by atoms with van der Waals surface area (Å²) < 4.78 is 13.2. The van der Waals surface area contributed by atoms with Crippen LogP contribution in [0.5, 0.6) is 0 Å². The van der Waals surface area contributed by atoms with Gasteiger partial charge in [-0.1, -0.05) is 13.0 Å². The van der Waals surface area contributed by atoms with Gasteiger partial charge in [0.05, 0.1) is 6.54 Å². The molecule has 0 spiro atoms. The lowest BCUT2D eigenvalue weighted by Gasteiger charge is -2.12. The largest absolute Gasteiger partial charge is 0.370 e. The highest BCUT2D eigenvalue weighted by Gasteiger charge is 2.04. The van der Waals surface area contributed by atoms with E-state index in [2.05, 4.69) is 24.2 Å². The van der Waals surface area contributed by atoms with Gasteiger partial charge >= 0.3 is 0 Å². The Bertz CT molecular complexity index is 435. The van der Waals surface area contributed by atoms with E-state index in [1.807, 2.05) is 6.26 Å². The molecular weight excluding hydrogens is 261 g/mol. The molecule has 0 heterocycles. The summed E-state index contributed by atoms with van der Waals surface area (Å²) >= 11 is 1.66. The van der Waals surface area contributed by atoms with Crippen LogP contribution in [0.15, 0.2) is 23.2 Å². The van der Waals surface area contributed by atoms with Gasteiger partial charge in [-0.3, -0.25) is 0 Å². The quantitative estimate of drug-likeness (QED) is 0.623. The van der Waals surface area contributed by atoms with Crippen molar-refractivity contribution in [3.63, 3.8) is 0 Å². The predicted molar refractivity (Wildman–Crippen MR) is 81.8 cm³/mol. The Kier molecular flexibility index (Phi) is 6.70. The minimum atomic E-state index is -0.206. The molecule has 0 fully saturated rings. The van der Waals surface area contributed by atoms with E-state index in [0.717, 1.165) is 23.3 Å².